The number of nitrogens with two attached hydrogens (primary N) is 1. The molecule has 4 aliphatic heterocycles. The lowest BCUT2D eigenvalue weighted by Crippen LogP contribution is -2.70. The highest BCUT2D eigenvalue weighted by molar-refractivity contribution is 8.00. The number of anilines is 2. The molecule has 1 fully saturated rings. The van der Waals surface area contributed by atoms with Crippen LogP contribution in [0, 0.1) is 0 Å². The van der Waals surface area contributed by atoms with E-state index >= 15 is 0 Å². The summed E-state index contributed by atoms with van der Waals surface area (Å²) in [6, 6.07) is 2.40. The Hall–Kier alpha value is -7.11. The van der Waals surface area contributed by atoms with Crippen LogP contribution in [0.3, 0.4) is 0 Å². The van der Waals surface area contributed by atoms with E-state index in [9.17, 15) is 53.7 Å². The van der Waals surface area contributed by atoms with Crippen LogP contribution in [0.2, 0.25) is 0 Å². The van der Waals surface area contributed by atoms with Crippen molar-refractivity contribution in [2.24, 2.45) is 10.3 Å². The summed E-state index contributed by atoms with van der Waals surface area (Å²) in [5.74, 6) is -8.58. The molecule has 2 unspecified atom stereocenters. The van der Waals surface area contributed by atoms with Crippen molar-refractivity contribution in [3.8, 4) is 0 Å². The molecule has 0 spiro atoms. The minimum absolute atomic E-state index is 0.00141. The molecule has 68 heavy (non-hydrogen) atoms. The van der Waals surface area contributed by atoms with Gasteiger partial charge in [0.15, 0.2) is 40.6 Å². The lowest BCUT2D eigenvalue weighted by molar-refractivity contribution is -0.689. The Balaban J connectivity index is 1.18. The number of nitrogens with zero attached hydrogens (tertiary/aromatic N) is 6. The first-order valence-electron chi connectivity index (χ1n) is 19.8. The van der Waals surface area contributed by atoms with E-state index in [2.05, 4.69) is 41.5 Å². The first kappa shape index (κ1) is 48.8. The fraction of sp³-hybridized carbons (Fsp3) is 0.359. The van der Waals surface area contributed by atoms with E-state index < -0.39 is 93.0 Å². The number of oxime groups is 2. The van der Waals surface area contributed by atoms with Gasteiger partial charge in [0.05, 0.1) is 11.7 Å². The molecule has 3 aromatic rings. The quantitative estimate of drug-likeness (QED) is 0.0246. The number of carboxylic acid groups (broad SMARTS) is 3. The number of rotatable bonds is 18. The lowest BCUT2D eigenvalue weighted by Gasteiger charge is -2.48. The number of ether oxygens (including phenoxy) is 1. The average molecular weight is 1010 g/mol. The van der Waals surface area contributed by atoms with Gasteiger partial charge in [0.25, 0.3) is 23.6 Å². The van der Waals surface area contributed by atoms with Gasteiger partial charge in [-0.25, -0.2) is 28.9 Å². The fourth-order valence-electron chi connectivity index (χ4n) is 6.34. The number of amides is 4. The van der Waals surface area contributed by atoms with Crippen molar-refractivity contribution in [2.45, 2.75) is 68.3 Å². The summed E-state index contributed by atoms with van der Waals surface area (Å²) >= 11 is 3.98. The largest absolute Gasteiger partial charge is 0.543 e. The smallest absolute Gasteiger partial charge is 0.355 e. The van der Waals surface area contributed by atoms with E-state index in [0.717, 1.165) is 48.3 Å². The first-order valence-corrected chi connectivity index (χ1v) is 23.7. The topological polar surface area (TPSA) is 360 Å². The number of aromatic nitrogens is 3. The molecule has 0 radical (unpaired) electrons. The maximum absolute atomic E-state index is 14.4. The SMILES string of the molecule is CC(C)(O/N=C(\C(=O)NC(C(=O)Nc1nc(/C(=N/OC(C)(C)C(=O)O)C(=O)N[C@@H]2C(=O)N3C4=C(COC4=O)CS[C@H]23)cs1)C1NC(C(=O)[O-])=C(C[n+]2ccccc2)CS1)c1csc(N)n1)C(=O)O. The molecule has 4 aliphatic rings. The van der Waals surface area contributed by atoms with E-state index in [0.29, 0.717) is 16.9 Å². The molecule has 25 nitrogen and oxygen atoms in total. The Morgan fingerprint density at radius 2 is 1.59 bits per heavy atom. The van der Waals surface area contributed by atoms with Gasteiger partial charge in [-0.1, -0.05) is 16.4 Å². The summed E-state index contributed by atoms with van der Waals surface area (Å²) in [6.45, 7) is 4.81. The maximum atomic E-state index is 14.4. The number of carbonyl (C=O) groups excluding carboxylic acids is 6. The molecule has 1 saturated heterocycles. The van der Waals surface area contributed by atoms with Gasteiger partial charge in [0.2, 0.25) is 11.2 Å². The molecule has 0 aliphatic carbocycles. The highest BCUT2D eigenvalue weighted by Gasteiger charge is 2.56. The number of β-lactam (4-membered cyclic amide) rings is 1. The molecule has 4 amide bonds. The van der Waals surface area contributed by atoms with Gasteiger partial charge in [-0.3, -0.25) is 24.1 Å². The normalized spacial score (nSPS) is 19.9. The van der Waals surface area contributed by atoms with Gasteiger partial charge < -0.3 is 61.5 Å². The van der Waals surface area contributed by atoms with E-state index in [1.54, 1.807) is 35.2 Å². The minimum atomic E-state index is -1.97. The number of aliphatic carboxylic acids is 3. The first-order chi connectivity index (χ1) is 32.1. The Morgan fingerprint density at radius 1 is 0.956 bits per heavy atom. The van der Waals surface area contributed by atoms with Gasteiger partial charge in [-0.05, 0) is 27.7 Å². The zero-order chi connectivity index (χ0) is 49.2. The Morgan fingerprint density at radius 3 is 2.21 bits per heavy atom. The summed E-state index contributed by atoms with van der Waals surface area (Å²) < 4.78 is 6.79. The van der Waals surface area contributed by atoms with Crippen LogP contribution in [0.25, 0.3) is 0 Å². The number of thiazole rings is 2. The fourth-order valence-corrected chi connectivity index (χ4v) is 10.1. The van der Waals surface area contributed by atoms with Crippen LogP contribution in [0.1, 0.15) is 39.1 Å². The van der Waals surface area contributed by atoms with Crippen molar-refractivity contribution in [2.75, 3.05) is 29.2 Å². The number of carboxylic acids is 3. The van der Waals surface area contributed by atoms with Crippen molar-refractivity contribution >= 4 is 115 Å². The highest BCUT2D eigenvalue weighted by atomic mass is 32.2. The van der Waals surface area contributed by atoms with E-state index in [-0.39, 0.29) is 51.9 Å². The van der Waals surface area contributed by atoms with Crippen molar-refractivity contribution in [3.05, 3.63) is 75.3 Å². The van der Waals surface area contributed by atoms with Gasteiger partial charge in [0.1, 0.15) is 46.5 Å². The van der Waals surface area contributed by atoms with Crippen LogP contribution < -0.4 is 36.7 Å². The highest BCUT2D eigenvalue weighted by Crippen LogP contribution is 2.42. The number of fused-ring (bicyclic) bond motifs is 2. The van der Waals surface area contributed by atoms with Gasteiger partial charge in [-0.2, -0.15) is 0 Å². The van der Waals surface area contributed by atoms with Gasteiger partial charge in [0, 0.05) is 45.5 Å². The number of hydrogen-bond donors (Lipinski definition) is 7. The van der Waals surface area contributed by atoms with Gasteiger partial charge in [-0.15, -0.1) is 46.2 Å². The molecule has 0 bridgehead atoms. The Labute approximate surface area is 400 Å². The van der Waals surface area contributed by atoms with Crippen LogP contribution in [-0.2, 0) is 59.3 Å². The van der Waals surface area contributed by atoms with Crippen molar-refractivity contribution < 1.29 is 72.7 Å². The molecule has 0 saturated carbocycles. The zero-order valence-corrected chi connectivity index (χ0v) is 39.1. The molecule has 7 rings (SSSR count). The number of carbonyl (C=O) groups is 8. The molecular weight excluding hydrogens is 975 g/mol. The second-order valence-electron chi connectivity index (χ2n) is 15.8. The number of pyridine rings is 1. The van der Waals surface area contributed by atoms with Crippen LogP contribution in [0.5, 0.6) is 0 Å². The Kier molecular flexibility index (Phi) is 14.1. The second-order valence-corrected chi connectivity index (χ2v) is 19.8. The summed E-state index contributed by atoms with van der Waals surface area (Å²) in [4.78, 5) is 125. The number of cyclic esters (lactones) is 1. The van der Waals surface area contributed by atoms with E-state index in [4.69, 9.17) is 20.1 Å². The van der Waals surface area contributed by atoms with Crippen molar-refractivity contribution in [1.82, 2.24) is 30.8 Å². The molecule has 4 atom stereocenters. The van der Waals surface area contributed by atoms with Crippen LogP contribution in [0.15, 0.2) is 74.2 Å². The predicted molar refractivity (Wildman–Crippen MR) is 239 cm³/mol. The predicted octanol–water partition coefficient (Wildman–Crippen LogP) is -1.66. The number of nitrogen functional groups attached to an aromatic ring is 1. The van der Waals surface area contributed by atoms with Crippen LogP contribution in [-0.4, -0.2) is 136 Å². The van der Waals surface area contributed by atoms with Crippen molar-refractivity contribution in [3.63, 3.8) is 0 Å². The van der Waals surface area contributed by atoms with Gasteiger partial charge >= 0.3 is 17.9 Å². The summed E-state index contributed by atoms with van der Waals surface area (Å²) in [5, 5.41) is 50.3. The monoisotopic (exact) mass is 1010 g/mol. The zero-order valence-electron chi connectivity index (χ0n) is 35.9. The van der Waals surface area contributed by atoms with E-state index in [1.807, 2.05) is 0 Å². The number of nitrogens with one attached hydrogen (secondary N) is 4. The summed E-state index contributed by atoms with van der Waals surface area (Å²) in [5.41, 5.74) is 1.03. The lowest BCUT2D eigenvalue weighted by atomic mass is 10.0. The van der Waals surface area contributed by atoms with Crippen LogP contribution >= 0.6 is 46.2 Å². The average Bonchev–Trinajstić information content (AvgIpc) is 4.04. The Bertz CT molecular complexity index is 2730. The molecule has 7 heterocycles. The third kappa shape index (κ3) is 10.4. The maximum Gasteiger partial charge on any atom is 0.355 e. The van der Waals surface area contributed by atoms with Crippen molar-refractivity contribution in [1.29, 1.82) is 0 Å². The molecule has 0 aromatic carbocycles. The number of hydrogen-bond acceptors (Lipinski definition) is 22. The third-order valence-corrected chi connectivity index (χ3v) is 14.2. The number of thioether (sulfide) groups is 2. The number of esters is 1. The van der Waals surface area contributed by atoms with E-state index in [1.165, 1.54) is 41.3 Å². The molecule has 8 N–H and O–H groups in total. The molecule has 29 heteroatoms. The summed E-state index contributed by atoms with van der Waals surface area (Å²) in [6.07, 6.45) is 3.43. The molecule has 3 aromatic heterocycles. The molecule has 358 valence electrons. The van der Waals surface area contributed by atoms with Crippen LogP contribution in [0.4, 0.5) is 10.3 Å². The summed E-state index contributed by atoms with van der Waals surface area (Å²) in [7, 11) is 0. The third-order valence-electron chi connectivity index (χ3n) is 10.1. The standard InChI is InChI=1S/C39H39N11O14S4/c1-38(2,34(58)59)63-47-21(18-14-67-36(40)41-18)26(51)43-23(29-45-20(32(55)56)16(12-65-29)10-49-8-6-5-7-9-49)28(53)46-37-42-19(15-68-37)22(48-64-39(3,4)35(60)61)27(52)44-24-30(54)50-25-17(11-62-33(25)57)13-66-31(24)50/h5-9,14-15,23-24,29,31,45H,10-13H2,1-4H3,(H7-,40,41,42,43,44,46,51,52,53,55,56,58,59,60,61)/b47-21-,48-22-/t23?,24-,29?,31-/m1/s1. The molecular formula is C39H39N11O14S4. The second kappa shape index (κ2) is 19.6. The minimum Gasteiger partial charge on any atom is -0.543 e.